The van der Waals surface area contributed by atoms with E-state index in [2.05, 4.69) is 17.1 Å². The molecule has 0 radical (unpaired) electrons. The lowest BCUT2D eigenvalue weighted by Gasteiger charge is -2.09. The van der Waals surface area contributed by atoms with Gasteiger partial charge in [0.15, 0.2) is 0 Å². The molecular formula is C9H19NOS. The van der Waals surface area contributed by atoms with E-state index in [9.17, 15) is 0 Å². The van der Waals surface area contributed by atoms with Crippen LogP contribution in [0.2, 0.25) is 0 Å². The number of rotatable bonds is 6. The van der Waals surface area contributed by atoms with Crippen LogP contribution in [0.5, 0.6) is 0 Å². The molecule has 0 aromatic heterocycles. The van der Waals surface area contributed by atoms with Crippen LogP contribution in [0.25, 0.3) is 0 Å². The van der Waals surface area contributed by atoms with Crippen LogP contribution in [-0.4, -0.2) is 37.3 Å². The van der Waals surface area contributed by atoms with Gasteiger partial charge in [0.1, 0.15) is 0 Å². The fourth-order valence-corrected chi connectivity index (χ4v) is 2.59. The Bertz CT molecular complexity index is 105. The van der Waals surface area contributed by atoms with Gasteiger partial charge in [-0.25, -0.2) is 0 Å². The molecule has 1 heterocycles. The third-order valence-electron chi connectivity index (χ3n) is 2.02. The second-order valence-electron chi connectivity index (χ2n) is 3.04. The first-order valence-corrected chi connectivity index (χ1v) is 5.88. The van der Waals surface area contributed by atoms with Crippen molar-refractivity contribution >= 4 is 11.8 Å². The third kappa shape index (κ3) is 4.33. The Balaban J connectivity index is 1.81. The molecule has 1 rings (SSSR count). The first-order chi connectivity index (χ1) is 5.93. The van der Waals surface area contributed by atoms with Gasteiger partial charge in [0.2, 0.25) is 0 Å². The van der Waals surface area contributed by atoms with Gasteiger partial charge < -0.3 is 10.1 Å². The molecular weight excluding hydrogens is 170 g/mol. The predicted molar refractivity (Wildman–Crippen MR) is 54.8 cm³/mol. The van der Waals surface area contributed by atoms with Gasteiger partial charge >= 0.3 is 0 Å². The largest absolute Gasteiger partial charge is 0.380 e. The summed E-state index contributed by atoms with van der Waals surface area (Å²) in [6, 6.07) is 0. The van der Waals surface area contributed by atoms with E-state index < -0.39 is 0 Å². The van der Waals surface area contributed by atoms with E-state index in [0.717, 1.165) is 31.6 Å². The maximum atomic E-state index is 5.23. The molecule has 3 heteroatoms. The second-order valence-corrected chi connectivity index (χ2v) is 4.44. The minimum absolute atomic E-state index is 0.833. The minimum atomic E-state index is 0.833. The van der Waals surface area contributed by atoms with E-state index in [0.29, 0.717) is 0 Å². The molecule has 1 aliphatic rings. The lowest BCUT2D eigenvalue weighted by Crippen LogP contribution is -2.26. The summed E-state index contributed by atoms with van der Waals surface area (Å²) in [5.41, 5.74) is 0. The normalized spacial score (nSPS) is 23.2. The first-order valence-electron chi connectivity index (χ1n) is 4.83. The highest BCUT2D eigenvalue weighted by molar-refractivity contribution is 8.00. The van der Waals surface area contributed by atoms with Crippen LogP contribution >= 0.6 is 11.8 Å². The third-order valence-corrected chi connectivity index (χ3v) is 3.42. The molecule has 0 amide bonds. The summed E-state index contributed by atoms with van der Waals surface area (Å²) in [5.74, 6) is 1.36. The Morgan fingerprint density at radius 1 is 1.58 bits per heavy atom. The van der Waals surface area contributed by atoms with Crippen LogP contribution in [0.4, 0.5) is 0 Å². The lowest BCUT2D eigenvalue weighted by molar-refractivity contribution is 0.149. The van der Waals surface area contributed by atoms with Crippen LogP contribution in [0.15, 0.2) is 0 Å². The Morgan fingerprint density at radius 3 is 3.17 bits per heavy atom. The van der Waals surface area contributed by atoms with Gasteiger partial charge in [0, 0.05) is 24.9 Å². The van der Waals surface area contributed by atoms with E-state index in [1.165, 1.54) is 18.6 Å². The molecule has 1 atom stereocenters. The summed E-state index contributed by atoms with van der Waals surface area (Å²) in [7, 11) is 0. The summed E-state index contributed by atoms with van der Waals surface area (Å²) < 4.78 is 5.23. The van der Waals surface area contributed by atoms with Crippen molar-refractivity contribution in [3.8, 4) is 0 Å². The molecule has 0 aromatic rings. The Kier molecular flexibility index (Phi) is 5.82. The van der Waals surface area contributed by atoms with Crippen molar-refractivity contribution in [2.75, 3.05) is 32.1 Å². The highest BCUT2D eigenvalue weighted by Gasteiger charge is 2.14. The Hall–Kier alpha value is 0.270. The monoisotopic (exact) mass is 189 g/mol. The Labute approximate surface area is 79.4 Å². The van der Waals surface area contributed by atoms with Crippen molar-refractivity contribution in [1.29, 1.82) is 0 Å². The average molecular weight is 189 g/mol. The molecule has 2 nitrogen and oxygen atoms in total. The number of ether oxygens (including phenoxy) is 1. The zero-order valence-electron chi connectivity index (χ0n) is 7.84. The average Bonchev–Trinajstić information content (AvgIpc) is 2.57. The topological polar surface area (TPSA) is 21.3 Å². The molecule has 72 valence electrons. The van der Waals surface area contributed by atoms with E-state index in [1.807, 2.05) is 6.92 Å². The van der Waals surface area contributed by atoms with Gasteiger partial charge in [-0.1, -0.05) is 0 Å². The number of nitrogens with one attached hydrogen (secondary N) is 1. The maximum Gasteiger partial charge on any atom is 0.0590 e. The molecule has 1 N–H and O–H groups in total. The molecule has 1 unspecified atom stereocenters. The molecule has 1 saturated heterocycles. The van der Waals surface area contributed by atoms with Crippen LogP contribution in [0.3, 0.4) is 0 Å². The second kappa shape index (κ2) is 6.75. The molecule has 12 heavy (non-hydrogen) atoms. The zero-order chi connectivity index (χ0) is 8.65. The molecule has 0 bridgehead atoms. The van der Waals surface area contributed by atoms with Crippen molar-refractivity contribution in [3.63, 3.8) is 0 Å². The summed E-state index contributed by atoms with van der Waals surface area (Å²) in [6.07, 6.45) is 2.80. The predicted octanol–water partition coefficient (Wildman–Crippen LogP) is 1.51. The van der Waals surface area contributed by atoms with E-state index in [-0.39, 0.29) is 0 Å². The molecule has 0 saturated carbocycles. The van der Waals surface area contributed by atoms with Gasteiger partial charge in [-0.3, -0.25) is 0 Å². The molecule has 1 fully saturated rings. The van der Waals surface area contributed by atoms with Crippen LogP contribution in [0.1, 0.15) is 19.8 Å². The lowest BCUT2D eigenvalue weighted by atomic mass is 10.2. The maximum absolute atomic E-state index is 5.23. The fourth-order valence-electron chi connectivity index (χ4n) is 1.36. The number of hydrogen-bond acceptors (Lipinski definition) is 3. The Morgan fingerprint density at radius 2 is 2.50 bits per heavy atom. The van der Waals surface area contributed by atoms with Crippen molar-refractivity contribution in [1.82, 2.24) is 5.32 Å². The zero-order valence-corrected chi connectivity index (χ0v) is 8.66. The van der Waals surface area contributed by atoms with E-state index >= 15 is 0 Å². The quantitative estimate of drug-likeness (QED) is 0.640. The number of thioether (sulfide) groups is 1. The standard InChI is InChI=1S/C9H19NOS/c1-2-11-6-5-10-8-9-4-3-7-12-9/h9-10H,2-8H2,1H3. The summed E-state index contributed by atoms with van der Waals surface area (Å²) in [4.78, 5) is 0. The highest BCUT2D eigenvalue weighted by Crippen LogP contribution is 2.24. The molecule has 0 spiro atoms. The number of hydrogen-bond donors (Lipinski definition) is 1. The van der Waals surface area contributed by atoms with Crippen LogP contribution < -0.4 is 5.32 Å². The van der Waals surface area contributed by atoms with Gasteiger partial charge in [-0.05, 0) is 25.5 Å². The van der Waals surface area contributed by atoms with Crippen LogP contribution in [-0.2, 0) is 4.74 Å². The van der Waals surface area contributed by atoms with Gasteiger partial charge in [0.25, 0.3) is 0 Å². The molecule has 0 aromatic carbocycles. The van der Waals surface area contributed by atoms with Crippen molar-refractivity contribution < 1.29 is 4.74 Å². The molecule has 0 aliphatic carbocycles. The van der Waals surface area contributed by atoms with Crippen LogP contribution in [0, 0.1) is 0 Å². The SMILES string of the molecule is CCOCCNCC1CCCS1. The molecule has 1 aliphatic heterocycles. The summed E-state index contributed by atoms with van der Waals surface area (Å²) in [5, 5.41) is 4.28. The first kappa shape index (κ1) is 10.4. The van der Waals surface area contributed by atoms with E-state index in [4.69, 9.17) is 4.74 Å². The highest BCUT2D eigenvalue weighted by atomic mass is 32.2. The summed E-state index contributed by atoms with van der Waals surface area (Å²) in [6.45, 7) is 5.89. The van der Waals surface area contributed by atoms with Gasteiger partial charge in [-0.15, -0.1) is 0 Å². The summed E-state index contributed by atoms with van der Waals surface area (Å²) >= 11 is 2.10. The smallest absolute Gasteiger partial charge is 0.0590 e. The van der Waals surface area contributed by atoms with E-state index in [1.54, 1.807) is 0 Å². The van der Waals surface area contributed by atoms with Gasteiger partial charge in [-0.2, -0.15) is 11.8 Å². The van der Waals surface area contributed by atoms with Crippen molar-refractivity contribution in [3.05, 3.63) is 0 Å². The van der Waals surface area contributed by atoms with Crippen molar-refractivity contribution in [2.45, 2.75) is 25.0 Å². The minimum Gasteiger partial charge on any atom is -0.380 e. The fraction of sp³-hybridized carbons (Fsp3) is 1.00. The van der Waals surface area contributed by atoms with Gasteiger partial charge in [0.05, 0.1) is 6.61 Å². The van der Waals surface area contributed by atoms with Crippen molar-refractivity contribution in [2.24, 2.45) is 0 Å².